The molecule has 0 bridgehead atoms. The highest BCUT2D eigenvalue weighted by Gasteiger charge is 2.38. The maximum Gasteiger partial charge on any atom is 0.392 e. The SMILES string of the molecule is CCCCSc1nc(N)nc2c1ncn2CCOCP(CC(F)(F)F)CC(F)(F)F. The highest BCUT2D eigenvalue weighted by atomic mass is 32.2. The van der Waals surface area contributed by atoms with E-state index < -0.39 is 38.9 Å². The van der Waals surface area contributed by atoms with Crippen molar-refractivity contribution in [2.45, 2.75) is 43.7 Å². The summed E-state index contributed by atoms with van der Waals surface area (Å²) in [4.78, 5) is 12.6. The fourth-order valence-electron chi connectivity index (χ4n) is 2.52. The van der Waals surface area contributed by atoms with Gasteiger partial charge in [-0.25, -0.2) is 9.97 Å². The Kier molecular flexibility index (Phi) is 8.98. The number of hydrogen-bond acceptors (Lipinski definition) is 6. The van der Waals surface area contributed by atoms with E-state index in [9.17, 15) is 26.3 Å². The van der Waals surface area contributed by atoms with Crippen LogP contribution in [-0.4, -0.2) is 62.9 Å². The molecule has 0 aromatic carbocycles. The van der Waals surface area contributed by atoms with Gasteiger partial charge in [0.05, 0.1) is 31.6 Å². The first kappa shape index (κ1) is 24.9. The van der Waals surface area contributed by atoms with Crippen molar-refractivity contribution in [2.24, 2.45) is 0 Å². The Morgan fingerprint density at radius 3 is 2.40 bits per heavy atom. The lowest BCUT2D eigenvalue weighted by Crippen LogP contribution is -2.22. The number of anilines is 1. The third-order valence-electron chi connectivity index (χ3n) is 3.74. The number of thioether (sulfide) groups is 1. The molecule has 0 fully saturated rings. The predicted molar refractivity (Wildman–Crippen MR) is 105 cm³/mol. The van der Waals surface area contributed by atoms with Gasteiger partial charge in [0.15, 0.2) is 5.65 Å². The van der Waals surface area contributed by atoms with Crippen molar-refractivity contribution in [1.29, 1.82) is 0 Å². The van der Waals surface area contributed by atoms with Gasteiger partial charge in [0.1, 0.15) is 10.5 Å². The molecule has 0 saturated heterocycles. The second-order valence-corrected chi connectivity index (χ2v) is 9.77. The standard InChI is InChI=1S/C16H22F6N5OPS/c1-2-3-6-30-13-11-12(25-14(23)26-13)27(9-24-11)4-5-28-10-29(7-15(17,18)19)8-16(20,21)22/h9H,2-8,10H2,1H3,(H2,23,25,26). The van der Waals surface area contributed by atoms with Crippen LogP contribution in [0.25, 0.3) is 11.2 Å². The maximum absolute atomic E-state index is 12.5. The smallest absolute Gasteiger partial charge is 0.375 e. The van der Waals surface area contributed by atoms with Gasteiger partial charge in [-0.05, 0) is 12.2 Å². The summed E-state index contributed by atoms with van der Waals surface area (Å²) >= 11 is 1.50. The highest BCUT2D eigenvalue weighted by molar-refractivity contribution is 7.99. The number of nitrogens with two attached hydrogens (primary N) is 1. The summed E-state index contributed by atoms with van der Waals surface area (Å²) in [5.41, 5.74) is 6.74. The lowest BCUT2D eigenvalue weighted by molar-refractivity contribution is -0.112. The minimum absolute atomic E-state index is 0.0584. The van der Waals surface area contributed by atoms with Gasteiger partial charge in [0.2, 0.25) is 5.95 Å². The molecule has 2 heterocycles. The van der Waals surface area contributed by atoms with E-state index in [-0.39, 0.29) is 19.1 Å². The largest absolute Gasteiger partial charge is 0.392 e. The first-order valence-electron chi connectivity index (χ1n) is 9.03. The molecule has 2 rings (SSSR count). The second kappa shape index (κ2) is 10.8. The summed E-state index contributed by atoms with van der Waals surface area (Å²) in [5.74, 6) is 0.892. The first-order chi connectivity index (χ1) is 14.0. The van der Waals surface area contributed by atoms with Crippen LogP contribution in [0.3, 0.4) is 0 Å². The number of hydrogen-bond donors (Lipinski definition) is 1. The number of rotatable bonds is 11. The molecule has 0 aliphatic heterocycles. The molecule has 0 aliphatic carbocycles. The summed E-state index contributed by atoms with van der Waals surface area (Å²) in [5, 5.41) is 0.629. The van der Waals surface area contributed by atoms with Crippen LogP contribution in [0.2, 0.25) is 0 Å². The molecule has 0 unspecified atom stereocenters. The van der Waals surface area contributed by atoms with E-state index in [2.05, 4.69) is 21.9 Å². The average molecular weight is 477 g/mol. The molecule has 6 nitrogen and oxygen atoms in total. The summed E-state index contributed by atoms with van der Waals surface area (Å²) in [6.45, 7) is 2.14. The number of nitrogen functional groups attached to an aromatic ring is 1. The van der Waals surface area contributed by atoms with Crippen LogP contribution < -0.4 is 5.73 Å². The van der Waals surface area contributed by atoms with Crippen LogP contribution in [0.15, 0.2) is 11.4 Å². The summed E-state index contributed by atoms with van der Waals surface area (Å²) in [7, 11) is -2.41. The third-order valence-corrected chi connectivity index (χ3v) is 6.95. The van der Waals surface area contributed by atoms with Crippen molar-refractivity contribution in [3.63, 3.8) is 0 Å². The summed E-state index contributed by atoms with van der Waals surface area (Å²) in [6, 6.07) is 0. The molecular weight excluding hydrogens is 455 g/mol. The molecule has 0 aliphatic rings. The second-order valence-electron chi connectivity index (χ2n) is 6.45. The predicted octanol–water partition coefficient (Wildman–Crippen LogP) is 4.88. The number of ether oxygens (including phenoxy) is 1. The van der Waals surface area contributed by atoms with Gasteiger partial charge in [-0.3, -0.25) is 0 Å². The number of halogens is 6. The molecule has 30 heavy (non-hydrogen) atoms. The quantitative estimate of drug-likeness (QED) is 0.163. The van der Waals surface area contributed by atoms with Crippen molar-refractivity contribution in [3.8, 4) is 0 Å². The van der Waals surface area contributed by atoms with E-state index in [1.807, 2.05) is 0 Å². The van der Waals surface area contributed by atoms with Crippen LogP contribution in [0.5, 0.6) is 0 Å². The molecule has 0 amide bonds. The van der Waals surface area contributed by atoms with Crippen LogP contribution in [0.4, 0.5) is 32.3 Å². The monoisotopic (exact) mass is 477 g/mol. The summed E-state index contributed by atoms with van der Waals surface area (Å²) < 4.78 is 81.9. The van der Waals surface area contributed by atoms with Gasteiger partial charge < -0.3 is 15.0 Å². The normalized spacial score (nSPS) is 12.9. The number of unbranched alkanes of at least 4 members (excludes halogenated alkanes) is 1. The zero-order valence-corrected chi connectivity index (χ0v) is 17.8. The molecule has 2 aromatic rings. The minimum atomic E-state index is -4.67. The molecular formula is C16H22F6N5OPS. The molecule has 2 N–H and O–H groups in total. The van der Waals surface area contributed by atoms with E-state index in [0.717, 1.165) is 18.6 Å². The van der Waals surface area contributed by atoms with Crippen LogP contribution >= 0.6 is 19.7 Å². The fraction of sp³-hybridized carbons (Fsp3) is 0.688. The number of alkyl halides is 6. The van der Waals surface area contributed by atoms with Crippen molar-refractivity contribution < 1.29 is 31.1 Å². The zero-order valence-electron chi connectivity index (χ0n) is 16.1. The van der Waals surface area contributed by atoms with Crippen molar-refractivity contribution in [2.75, 3.05) is 36.8 Å². The lowest BCUT2D eigenvalue weighted by Gasteiger charge is -2.20. The minimum Gasteiger partial charge on any atom is -0.375 e. The van der Waals surface area contributed by atoms with Crippen molar-refractivity contribution >= 4 is 36.8 Å². The Morgan fingerprint density at radius 2 is 1.80 bits per heavy atom. The van der Waals surface area contributed by atoms with Gasteiger partial charge in [-0.2, -0.15) is 31.3 Å². The molecule has 0 spiro atoms. The van der Waals surface area contributed by atoms with Crippen LogP contribution in [0, 0.1) is 0 Å². The van der Waals surface area contributed by atoms with E-state index in [1.54, 1.807) is 4.57 Å². The first-order valence-corrected chi connectivity index (χ1v) is 11.9. The third kappa shape index (κ3) is 8.43. The number of nitrogens with zero attached hydrogens (tertiary/aromatic N) is 4. The van der Waals surface area contributed by atoms with E-state index in [0.29, 0.717) is 16.2 Å². The van der Waals surface area contributed by atoms with Crippen LogP contribution in [-0.2, 0) is 11.3 Å². The Balaban J connectivity index is 1.98. The summed E-state index contributed by atoms with van der Waals surface area (Å²) in [6.07, 6.45) is -9.41. The number of imidazole rings is 1. The van der Waals surface area contributed by atoms with E-state index in [1.165, 1.54) is 18.1 Å². The van der Waals surface area contributed by atoms with E-state index in [4.69, 9.17) is 10.5 Å². The van der Waals surface area contributed by atoms with Crippen molar-refractivity contribution in [3.05, 3.63) is 6.33 Å². The van der Waals surface area contributed by atoms with Gasteiger partial charge in [0, 0.05) is 6.54 Å². The topological polar surface area (TPSA) is 78.9 Å². The average Bonchev–Trinajstić information content (AvgIpc) is 2.99. The Hall–Kier alpha value is -1.33. The Morgan fingerprint density at radius 1 is 1.13 bits per heavy atom. The fourth-order valence-corrected chi connectivity index (χ4v) is 5.28. The van der Waals surface area contributed by atoms with Gasteiger partial charge in [0.25, 0.3) is 0 Å². The number of aromatic nitrogens is 4. The van der Waals surface area contributed by atoms with E-state index >= 15 is 0 Å². The van der Waals surface area contributed by atoms with Crippen molar-refractivity contribution in [1.82, 2.24) is 19.5 Å². The molecule has 2 aromatic heterocycles. The molecule has 0 radical (unpaired) electrons. The van der Waals surface area contributed by atoms with Gasteiger partial charge in [-0.1, -0.05) is 21.3 Å². The molecule has 14 heteroatoms. The zero-order chi connectivity index (χ0) is 22.4. The molecule has 170 valence electrons. The van der Waals surface area contributed by atoms with Gasteiger partial charge >= 0.3 is 12.4 Å². The Bertz CT molecular complexity index is 800. The van der Waals surface area contributed by atoms with Gasteiger partial charge in [-0.15, -0.1) is 11.8 Å². The van der Waals surface area contributed by atoms with Crippen LogP contribution in [0.1, 0.15) is 19.8 Å². The lowest BCUT2D eigenvalue weighted by atomic mass is 10.4. The maximum atomic E-state index is 12.5. The highest BCUT2D eigenvalue weighted by Crippen LogP contribution is 2.45. The molecule has 0 saturated carbocycles. The molecule has 0 atom stereocenters. The Labute approximate surface area is 174 Å². The number of fused-ring (bicyclic) bond motifs is 1.